The lowest BCUT2D eigenvalue weighted by Gasteiger charge is -2.33. The quantitative estimate of drug-likeness (QED) is 0.368. The number of para-hydroxylation sites is 1. The van der Waals surface area contributed by atoms with Crippen LogP contribution in [0.15, 0.2) is 54.7 Å². The normalized spacial score (nSPS) is 15.3. The molecule has 2 aromatic carbocycles. The largest absolute Gasteiger partial charge is 0.361 e. The Bertz CT molecular complexity index is 926. The summed E-state index contributed by atoms with van der Waals surface area (Å²) in [5.41, 5.74) is 3.45. The van der Waals surface area contributed by atoms with Gasteiger partial charge in [-0.1, -0.05) is 55.5 Å². The topological polar surface area (TPSA) is 31.1 Å². The third-order valence-corrected chi connectivity index (χ3v) is 6.23. The first-order valence-electron chi connectivity index (χ1n) is 10.1. The van der Waals surface area contributed by atoms with E-state index in [1.807, 2.05) is 24.3 Å². The molecule has 1 saturated carbocycles. The van der Waals surface area contributed by atoms with Gasteiger partial charge in [0.1, 0.15) is 0 Å². The molecule has 1 fully saturated rings. The molecule has 3 nitrogen and oxygen atoms in total. The zero-order valence-corrected chi connectivity index (χ0v) is 17.5. The van der Waals surface area contributed by atoms with E-state index in [2.05, 4.69) is 45.7 Å². The molecule has 0 spiro atoms. The summed E-state index contributed by atoms with van der Waals surface area (Å²) < 4.78 is 0. The minimum atomic E-state index is 0.475. The highest BCUT2D eigenvalue weighted by atomic mass is 35.5. The number of aromatic nitrogens is 1. The molecule has 1 aliphatic carbocycles. The Balaban J connectivity index is 1.59. The summed E-state index contributed by atoms with van der Waals surface area (Å²) in [6.45, 7) is 0.814. The first-order valence-corrected chi connectivity index (χ1v) is 10.9. The van der Waals surface area contributed by atoms with Crippen LogP contribution in [0, 0.1) is 0 Å². The molecule has 4 rings (SSSR count). The smallest absolute Gasteiger partial charge is 0.173 e. The Morgan fingerprint density at radius 1 is 1.04 bits per heavy atom. The summed E-state index contributed by atoms with van der Waals surface area (Å²) in [4.78, 5) is 5.79. The van der Waals surface area contributed by atoms with E-state index in [1.165, 1.54) is 55.0 Å². The molecular weight excluding hydrogens is 386 g/mol. The molecule has 2 N–H and O–H groups in total. The first-order chi connectivity index (χ1) is 13.7. The maximum Gasteiger partial charge on any atom is 0.173 e. The van der Waals surface area contributed by atoms with Crippen molar-refractivity contribution in [3.63, 3.8) is 0 Å². The van der Waals surface area contributed by atoms with Gasteiger partial charge in [0, 0.05) is 40.4 Å². The number of thiocarbonyl (C=S) groups is 1. The summed E-state index contributed by atoms with van der Waals surface area (Å²) in [6.07, 6.45) is 9.73. The van der Waals surface area contributed by atoms with Gasteiger partial charge in [0.15, 0.2) is 5.11 Å². The van der Waals surface area contributed by atoms with Gasteiger partial charge in [-0.3, -0.25) is 0 Å². The minimum Gasteiger partial charge on any atom is -0.361 e. The second kappa shape index (κ2) is 8.97. The lowest BCUT2D eigenvalue weighted by molar-refractivity contribution is 0.281. The zero-order valence-electron chi connectivity index (χ0n) is 16.0. The third-order valence-electron chi connectivity index (χ3n) is 5.64. The van der Waals surface area contributed by atoms with Gasteiger partial charge in [-0.25, -0.2) is 0 Å². The molecular formula is C23H26ClN3S. The van der Waals surface area contributed by atoms with Gasteiger partial charge < -0.3 is 15.2 Å². The van der Waals surface area contributed by atoms with Crippen molar-refractivity contribution in [3.8, 4) is 0 Å². The van der Waals surface area contributed by atoms with Crippen LogP contribution in [0.3, 0.4) is 0 Å². The van der Waals surface area contributed by atoms with Crippen LogP contribution in [0.2, 0.25) is 5.02 Å². The predicted octanol–water partition coefficient (Wildman–Crippen LogP) is 6.74. The molecule has 0 aliphatic heterocycles. The van der Waals surface area contributed by atoms with Crippen molar-refractivity contribution < 1.29 is 0 Å². The Labute approximate surface area is 177 Å². The van der Waals surface area contributed by atoms with Crippen LogP contribution in [0.1, 0.15) is 44.1 Å². The molecule has 5 heteroatoms. The van der Waals surface area contributed by atoms with Crippen molar-refractivity contribution in [1.82, 2.24) is 9.88 Å². The average Bonchev–Trinajstić information content (AvgIpc) is 2.92. The molecule has 1 heterocycles. The number of halogens is 1. The van der Waals surface area contributed by atoms with Crippen LogP contribution in [0.5, 0.6) is 0 Å². The Kier molecular flexibility index (Phi) is 6.18. The maximum absolute atomic E-state index is 6.03. The lowest BCUT2D eigenvalue weighted by Crippen LogP contribution is -2.42. The van der Waals surface area contributed by atoms with E-state index >= 15 is 0 Å². The van der Waals surface area contributed by atoms with Crippen molar-refractivity contribution in [2.75, 3.05) is 5.32 Å². The number of fused-ring (bicyclic) bond motifs is 1. The van der Waals surface area contributed by atoms with Crippen LogP contribution in [0.4, 0.5) is 5.69 Å². The second-order valence-corrected chi connectivity index (χ2v) is 8.39. The van der Waals surface area contributed by atoms with Crippen LogP contribution in [-0.2, 0) is 6.54 Å². The van der Waals surface area contributed by atoms with Crippen molar-refractivity contribution in [2.45, 2.75) is 51.1 Å². The number of aromatic amines is 1. The van der Waals surface area contributed by atoms with Crippen molar-refractivity contribution in [3.05, 3.63) is 65.3 Å². The Morgan fingerprint density at radius 2 is 1.75 bits per heavy atom. The van der Waals surface area contributed by atoms with Gasteiger partial charge in [-0.2, -0.15) is 0 Å². The van der Waals surface area contributed by atoms with Gasteiger partial charge >= 0.3 is 0 Å². The number of nitrogens with one attached hydrogen (secondary N) is 2. The van der Waals surface area contributed by atoms with Gasteiger partial charge in [0.2, 0.25) is 0 Å². The molecule has 1 aliphatic rings. The predicted molar refractivity (Wildman–Crippen MR) is 123 cm³/mol. The summed E-state index contributed by atoms with van der Waals surface area (Å²) >= 11 is 11.9. The summed E-state index contributed by atoms with van der Waals surface area (Å²) in [7, 11) is 0. The van der Waals surface area contributed by atoms with E-state index in [4.69, 9.17) is 23.8 Å². The van der Waals surface area contributed by atoms with E-state index in [-0.39, 0.29) is 0 Å². The van der Waals surface area contributed by atoms with Gasteiger partial charge in [-0.05, 0) is 61.0 Å². The molecule has 0 radical (unpaired) electrons. The SMILES string of the molecule is S=C(Nc1ccc(Cl)cc1)N(Cc1c[nH]c2ccccc12)C1CCCCCC1. The Hall–Kier alpha value is -2.04. The molecule has 0 atom stereocenters. The second-order valence-electron chi connectivity index (χ2n) is 7.57. The van der Waals surface area contributed by atoms with Crippen LogP contribution in [0.25, 0.3) is 10.9 Å². The van der Waals surface area contributed by atoms with Gasteiger partial charge in [0.25, 0.3) is 0 Å². The molecule has 0 unspecified atom stereocenters. The number of nitrogens with zero attached hydrogens (tertiary/aromatic N) is 1. The Morgan fingerprint density at radius 3 is 2.50 bits per heavy atom. The third kappa shape index (κ3) is 4.50. The molecule has 0 saturated heterocycles. The van der Waals surface area contributed by atoms with Crippen molar-refractivity contribution in [1.29, 1.82) is 0 Å². The average molecular weight is 412 g/mol. The molecule has 0 bridgehead atoms. The van der Waals surface area contributed by atoms with E-state index in [9.17, 15) is 0 Å². The van der Waals surface area contributed by atoms with E-state index in [0.717, 1.165) is 22.4 Å². The highest BCUT2D eigenvalue weighted by Gasteiger charge is 2.23. The summed E-state index contributed by atoms with van der Waals surface area (Å²) in [6, 6.07) is 16.7. The van der Waals surface area contributed by atoms with Crippen LogP contribution in [-0.4, -0.2) is 21.0 Å². The van der Waals surface area contributed by atoms with Crippen molar-refractivity contribution in [2.24, 2.45) is 0 Å². The van der Waals surface area contributed by atoms with E-state index in [1.54, 1.807) is 0 Å². The fourth-order valence-electron chi connectivity index (χ4n) is 4.11. The first kappa shape index (κ1) is 19.3. The molecule has 3 aromatic rings. The van der Waals surface area contributed by atoms with Crippen LogP contribution >= 0.6 is 23.8 Å². The molecule has 146 valence electrons. The highest BCUT2D eigenvalue weighted by molar-refractivity contribution is 7.80. The number of H-pyrrole nitrogens is 1. The van der Waals surface area contributed by atoms with Crippen molar-refractivity contribution >= 4 is 45.5 Å². The lowest BCUT2D eigenvalue weighted by atomic mass is 10.1. The fraction of sp³-hybridized carbons (Fsp3) is 0.348. The summed E-state index contributed by atoms with van der Waals surface area (Å²) in [5.74, 6) is 0. The van der Waals surface area contributed by atoms with Gasteiger partial charge in [0.05, 0.1) is 0 Å². The summed E-state index contributed by atoms with van der Waals surface area (Å²) in [5, 5.41) is 6.23. The molecule has 28 heavy (non-hydrogen) atoms. The number of hydrogen-bond donors (Lipinski definition) is 2. The number of hydrogen-bond acceptors (Lipinski definition) is 1. The monoisotopic (exact) mass is 411 g/mol. The van der Waals surface area contributed by atoms with Gasteiger partial charge in [-0.15, -0.1) is 0 Å². The minimum absolute atomic E-state index is 0.475. The molecule has 0 amide bonds. The zero-order chi connectivity index (χ0) is 19.3. The van der Waals surface area contributed by atoms with E-state index in [0.29, 0.717) is 6.04 Å². The van der Waals surface area contributed by atoms with E-state index < -0.39 is 0 Å². The standard InChI is InChI=1S/C23H26ClN3S/c24-18-11-13-19(14-12-18)26-23(28)27(20-7-3-1-2-4-8-20)16-17-15-25-22-10-6-5-9-21(17)22/h5-6,9-15,20,25H,1-4,7-8,16H2,(H,26,28). The number of anilines is 1. The number of rotatable bonds is 4. The number of benzene rings is 2. The van der Waals surface area contributed by atoms with Crippen LogP contribution < -0.4 is 5.32 Å². The fourth-order valence-corrected chi connectivity index (χ4v) is 4.57. The maximum atomic E-state index is 6.03. The molecule has 1 aromatic heterocycles. The highest BCUT2D eigenvalue weighted by Crippen LogP contribution is 2.27.